The Morgan fingerprint density at radius 1 is 1.12 bits per heavy atom. The molecule has 0 radical (unpaired) electrons. The molecular weight excluding hydrogens is 330 g/mol. The molecule has 2 aromatic carbocycles. The van der Waals surface area contributed by atoms with E-state index in [-0.39, 0.29) is 5.91 Å². The van der Waals surface area contributed by atoms with E-state index in [4.69, 9.17) is 0 Å². The second-order valence-electron chi connectivity index (χ2n) is 6.19. The standard InChI is InChI=1S/C20H15N3OS/c24-20-18-14(8-12-4-2-1-3-5-12)19(25-17(18)10-21-20)13-6-7-15-16(9-13)23-11-22-15/h1-7,9,11H,8,10H2,(H,21,24)(H,22,23). The van der Waals surface area contributed by atoms with Crippen LogP contribution < -0.4 is 5.32 Å². The van der Waals surface area contributed by atoms with E-state index in [9.17, 15) is 4.79 Å². The Morgan fingerprint density at radius 2 is 2.00 bits per heavy atom. The molecule has 25 heavy (non-hydrogen) atoms. The number of aromatic nitrogens is 2. The van der Waals surface area contributed by atoms with Gasteiger partial charge in [-0.25, -0.2) is 4.98 Å². The summed E-state index contributed by atoms with van der Waals surface area (Å²) in [6.45, 7) is 0.632. The number of rotatable bonds is 3. The van der Waals surface area contributed by atoms with Crippen LogP contribution in [-0.4, -0.2) is 15.9 Å². The van der Waals surface area contributed by atoms with Gasteiger partial charge in [-0.05, 0) is 35.2 Å². The number of aromatic amines is 1. The first kappa shape index (κ1) is 14.4. The third kappa shape index (κ3) is 2.36. The molecule has 0 saturated carbocycles. The zero-order valence-electron chi connectivity index (χ0n) is 13.4. The van der Waals surface area contributed by atoms with Gasteiger partial charge in [-0.1, -0.05) is 36.4 Å². The predicted octanol–water partition coefficient (Wildman–Crippen LogP) is 4.13. The Kier molecular flexibility index (Phi) is 3.21. The summed E-state index contributed by atoms with van der Waals surface area (Å²) in [7, 11) is 0. The van der Waals surface area contributed by atoms with Gasteiger partial charge < -0.3 is 10.3 Å². The quantitative estimate of drug-likeness (QED) is 0.587. The molecule has 1 aliphatic heterocycles. The first-order valence-electron chi connectivity index (χ1n) is 8.20. The van der Waals surface area contributed by atoms with E-state index < -0.39 is 0 Å². The molecule has 5 rings (SSSR count). The highest BCUT2D eigenvalue weighted by Gasteiger charge is 2.28. The number of carbonyl (C=O) groups is 1. The van der Waals surface area contributed by atoms with E-state index in [0.29, 0.717) is 6.54 Å². The molecule has 0 saturated heterocycles. The van der Waals surface area contributed by atoms with E-state index in [2.05, 4.69) is 39.6 Å². The van der Waals surface area contributed by atoms with Gasteiger partial charge >= 0.3 is 0 Å². The summed E-state index contributed by atoms with van der Waals surface area (Å²) in [4.78, 5) is 22.1. The van der Waals surface area contributed by atoms with E-state index in [1.165, 1.54) is 10.4 Å². The van der Waals surface area contributed by atoms with E-state index >= 15 is 0 Å². The third-order valence-electron chi connectivity index (χ3n) is 4.62. The van der Waals surface area contributed by atoms with Crippen LogP contribution in [0.5, 0.6) is 0 Å². The van der Waals surface area contributed by atoms with Crippen LogP contribution in [0, 0.1) is 0 Å². The van der Waals surface area contributed by atoms with Gasteiger partial charge in [0.2, 0.25) is 0 Å². The van der Waals surface area contributed by atoms with E-state index in [1.807, 2.05) is 24.3 Å². The normalized spacial score (nSPS) is 13.2. The number of hydrogen-bond donors (Lipinski definition) is 2. The monoisotopic (exact) mass is 345 g/mol. The highest BCUT2D eigenvalue weighted by molar-refractivity contribution is 7.16. The Balaban J connectivity index is 1.68. The molecule has 1 aliphatic rings. The Hall–Kier alpha value is -2.92. The maximum atomic E-state index is 12.4. The van der Waals surface area contributed by atoms with Gasteiger partial charge in [-0.3, -0.25) is 4.79 Å². The number of hydrogen-bond acceptors (Lipinski definition) is 3. The lowest BCUT2D eigenvalue weighted by Gasteiger charge is -2.07. The average molecular weight is 345 g/mol. The molecule has 0 atom stereocenters. The lowest BCUT2D eigenvalue weighted by molar-refractivity contribution is 0.0965. The first-order valence-corrected chi connectivity index (χ1v) is 9.01. The van der Waals surface area contributed by atoms with Crippen molar-refractivity contribution in [3.63, 3.8) is 0 Å². The van der Waals surface area contributed by atoms with Crippen molar-refractivity contribution in [1.82, 2.24) is 15.3 Å². The smallest absolute Gasteiger partial charge is 0.253 e. The molecule has 0 fully saturated rings. The van der Waals surface area contributed by atoms with Crippen molar-refractivity contribution in [2.24, 2.45) is 0 Å². The minimum absolute atomic E-state index is 0.0473. The second kappa shape index (κ2) is 5.57. The fourth-order valence-electron chi connectivity index (χ4n) is 3.43. The zero-order chi connectivity index (χ0) is 16.8. The number of imidazole rings is 1. The number of benzene rings is 2. The average Bonchev–Trinajstić information content (AvgIpc) is 3.33. The molecule has 2 aromatic heterocycles. The van der Waals surface area contributed by atoms with Gasteiger partial charge in [0.1, 0.15) is 0 Å². The van der Waals surface area contributed by atoms with Crippen molar-refractivity contribution in [2.45, 2.75) is 13.0 Å². The van der Waals surface area contributed by atoms with E-state index in [1.54, 1.807) is 17.7 Å². The van der Waals surface area contributed by atoms with Crippen LogP contribution in [0.4, 0.5) is 0 Å². The number of thiophene rings is 1. The molecule has 0 bridgehead atoms. The molecular formula is C20H15N3OS. The summed E-state index contributed by atoms with van der Waals surface area (Å²) in [6, 6.07) is 16.6. The van der Waals surface area contributed by atoms with Crippen molar-refractivity contribution >= 4 is 28.3 Å². The predicted molar refractivity (Wildman–Crippen MR) is 99.8 cm³/mol. The topological polar surface area (TPSA) is 57.8 Å². The number of nitrogens with one attached hydrogen (secondary N) is 2. The van der Waals surface area contributed by atoms with Gasteiger partial charge in [-0.2, -0.15) is 0 Å². The molecule has 5 heteroatoms. The maximum absolute atomic E-state index is 12.4. The zero-order valence-corrected chi connectivity index (χ0v) is 14.2. The van der Waals surface area contributed by atoms with Gasteiger partial charge in [0.05, 0.1) is 29.5 Å². The summed E-state index contributed by atoms with van der Waals surface area (Å²) in [6.07, 6.45) is 2.47. The minimum Gasteiger partial charge on any atom is -0.347 e. The van der Waals surface area contributed by atoms with E-state index in [0.717, 1.165) is 39.0 Å². The lowest BCUT2D eigenvalue weighted by atomic mass is 9.98. The number of amides is 1. The molecule has 3 heterocycles. The SMILES string of the molecule is O=C1NCc2sc(-c3ccc4nc[nH]c4c3)c(Cc3ccccc3)c21. The van der Waals surface area contributed by atoms with Gasteiger partial charge in [0.15, 0.2) is 0 Å². The molecule has 4 aromatic rings. The first-order chi connectivity index (χ1) is 12.3. The fourth-order valence-corrected chi connectivity index (χ4v) is 4.68. The van der Waals surface area contributed by atoms with Crippen LogP contribution in [0.3, 0.4) is 0 Å². The molecule has 122 valence electrons. The molecule has 1 amide bonds. The van der Waals surface area contributed by atoms with Crippen molar-refractivity contribution in [3.8, 4) is 10.4 Å². The van der Waals surface area contributed by atoms with Crippen LogP contribution in [0.1, 0.15) is 26.4 Å². The van der Waals surface area contributed by atoms with Gasteiger partial charge in [0, 0.05) is 9.75 Å². The molecule has 2 N–H and O–H groups in total. The van der Waals surface area contributed by atoms with Crippen LogP contribution in [-0.2, 0) is 13.0 Å². The summed E-state index contributed by atoms with van der Waals surface area (Å²) in [5.74, 6) is 0.0473. The molecule has 0 unspecified atom stereocenters. The van der Waals surface area contributed by atoms with Crippen LogP contribution in [0.25, 0.3) is 21.5 Å². The van der Waals surface area contributed by atoms with Crippen molar-refractivity contribution < 1.29 is 4.79 Å². The number of nitrogens with zero attached hydrogens (tertiary/aromatic N) is 1. The summed E-state index contributed by atoms with van der Waals surface area (Å²) >= 11 is 1.72. The second-order valence-corrected chi connectivity index (χ2v) is 7.29. The molecule has 0 aliphatic carbocycles. The minimum atomic E-state index is 0.0473. The Morgan fingerprint density at radius 3 is 2.88 bits per heavy atom. The number of H-pyrrole nitrogens is 1. The summed E-state index contributed by atoms with van der Waals surface area (Å²) < 4.78 is 0. The largest absolute Gasteiger partial charge is 0.347 e. The van der Waals surface area contributed by atoms with Crippen LogP contribution in [0.15, 0.2) is 54.9 Å². The van der Waals surface area contributed by atoms with Crippen molar-refractivity contribution in [1.29, 1.82) is 0 Å². The van der Waals surface area contributed by atoms with Crippen molar-refractivity contribution in [2.75, 3.05) is 0 Å². The maximum Gasteiger partial charge on any atom is 0.253 e. The van der Waals surface area contributed by atoms with Crippen LogP contribution >= 0.6 is 11.3 Å². The summed E-state index contributed by atoms with van der Waals surface area (Å²) in [5.41, 5.74) is 6.31. The Bertz CT molecular complexity index is 1090. The molecule has 4 nitrogen and oxygen atoms in total. The van der Waals surface area contributed by atoms with Crippen LogP contribution in [0.2, 0.25) is 0 Å². The molecule has 0 spiro atoms. The number of fused-ring (bicyclic) bond motifs is 2. The Labute approximate surface area is 148 Å². The van der Waals surface area contributed by atoms with Gasteiger partial charge in [0.25, 0.3) is 5.91 Å². The highest BCUT2D eigenvalue weighted by Crippen LogP contribution is 2.40. The highest BCUT2D eigenvalue weighted by atomic mass is 32.1. The fraction of sp³-hybridized carbons (Fsp3) is 0.100. The summed E-state index contributed by atoms with van der Waals surface area (Å²) in [5, 5.41) is 2.95. The van der Waals surface area contributed by atoms with Gasteiger partial charge in [-0.15, -0.1) is 11.3 Å². The van der Waals surface area contributed by atoms with Crippen molar-refractivity contribution in [3.05, 3.63) is 76.4 Å². The lowest BCUT2D eigenvalue weighted by Crippen LogP contribution is -2.14. The number of carbonyl (C=O) groups excluding carboxylic acids is 1. The third-order valence-corrected chi connectivity index (χ3v) is 5.90.